The van der Waals surface area contributed by atoms with E-state index in [1.807, 2.05) is 0 Å². The predicted molar refractivity (Wildman–Crippen MR) is 50.3 cm³/mol. The Morgan fingerprint density at radius 3 is 2.67 bits per heavy atom. The molecule has 0 rings (SSSR count). The van der Waals surface area contributed by atoms with E-state index in [-0.39, 0.29) is 19.8 Å². The second kappa shape index (κ2) is 9.01. The molecule has 3 nitrogen and oxygen atoms in total. The van der Waals surface area contributed by atoms with Crippen LogP contribution in [0.15, 0.2) is 0 Å². The Labute approximate surface area is 81.2 Å². The molecule has 0 spiro atoms. The Balaban J connectivity index is 3.11. The summed E-state index contributed by atoms with van der Waals surface area (Å²) in [4.78, 5) is 0. The fraction of sp³-hybridized carbons (Fsp3) is 0.750. The van der Waals surface area contributed by atoms with Crippen LogP contribution in [0.5, 0.6) is 0 Å². The van der Waals surface area contributed by atoms with Crippen LogP contribution in [0.25, 0.3) is 0 Å². The number of aliphatic hydroxyl groups is 1. The molecule has 4 heteroatoms. The molecule has 0 aromatic carbocycles. The molecule has 1 N–H and O–H groups in total. The van der Waals surface area contributed by atoms with E-state index in [0.717, 1.165) is 5.33 Å². The van der Waals surface area contributed by atoms with Crippen molar-refractivity contribution in [3.8, 4) is 12.3 Å². The first kappa shape index (κ1) is 11.9. The van der Waals surface area contributed by atoms with Gasteiger partial charge in [-0.05, 0) is 0 Å². The highest BCUT2D eigenvalue weighted by atomic mass is 79.9. The van der Waals surface area contributed by atoms with Gasteiger partial charge in [-0.15, -0.1) is 6.42 Å². The van der Waals surface area contributed by atoms with Crippen LogP contribution in [0, 0.1) is 12.3 Å². The van der Waals surface area contributed by atoms with Crippen molar-refractivity contribution in [2.75, 3.05) is 31.8 Å². The van der Waals surface area contributed by atoms with E-state index in [2.05, 4.69) is 21.9 Å². The van der Waals surface area contributed by atoms with Gasteiger partial charge in [0.25, 0.3) is 0 Å². The minimum absolute atomic E-state index is 0.229. The second-order valence-corrected chi connectivity index (χ2v) is 2.93. The molecule has 1 atom stereocenters. The Bertz CT molecular complexity index is 133. The summed E-state index contributed by atoms with van der Waals surface area (Å²) in [6.45, 7) is 1.34. The van der Waals surface area contributed by atoms with E-state index in [1.54, 1.807) is 0 Å². The molecule has 0 heterocycles. The standard InChI is InChI=1S/C8H13BrO3/c1-2-4-11-6-8(10)7-12-5-3-9/h1,8,10H,3-7H2. The normalized spacial score (nSPS) is 12.4. The lowest BCUT2D eigenvalue weighted by atomic mass is 10.4. The highest BCUT2D eigenvalue weighted by Gasteiger charge is 2.02. The van der Waals surface area contributed by atoms with Crippen molar-refractivity contribution in [2.45, 2.75) is 6.10 Å². The highest BCUT2D eigenvalue weighted by molar-refractivity contribution is 9.09. The first-order valence-corrected chi connectivity index (χ1v) is 4.76. The zero-order valence-corrected chi connectivity index (χ0v) is 8.42. The van der Waals surface area contributed by atoms with Crippen molar-refractivity contribution in [2.24, 2.45) is 0 Å². The van der Waals surface area contributed by atoms with Crippen molar-refractivity contribution in [3.63, 3.8) is 0 Å². The summed E-state index contributed by atoms with van der Waals surface area (Å²) < 4.78 is 9.94. The summed E-state index contributed by atoms with van der Waals surface area (Å²) in [5.74, 6) is 2.31. The largest absolute Gasteiger partial charge is 0.388 e. The maximum atomic E-state index is 9.17. The number of halogens is 1. The van der Waals surface area contributed by atoms with E-state index < -0.39 is 6.10 Å². The molecule has 70 valence electrons. The lowest BCUT2D eigenvalue weighted by Gasteiger charge is -2.09. The molecule has 0 aromatic rings. The van der Waals surface area contributed by atoms with Gasteiger partial charge in [0.15, 0.2) is 0 Å². The summed E-state index contributed by atoms with van der Waals surface area (Å²) in [5.41, 5.74) is 0. The first-order valence-electron chi connectivity index (χ1n) is 3.64. The van der Waals surface area contributed by atoms with E-state index in [0.29, 0.717) is 6.61 Å². The summed E-state index contributed by atoms with van der Waals surface area (Å²) in [6.07, 6.45) is 4.36. The quantitative estimate of drug-likeness (QED) is 0.396. The van der Waals surface area contributed by atoms with Crippen molar-refractivity contribution in [3.05, 3.63) is 0 Å². The molecule has 0 bridgehead atoms. The van der Waals surface area contributed by atoms with Crippen molar-refractivity contribution in [1.29, 1.82) is 0 Å². The second-order valence-electron chi connectivity index (χ2n) is 2.14. The SMILES string of the molecule is C#CCOCC(O)COCCBr. The Kier molecular flexibility index (Phi) is 8.95. The van der Waals surface area contributed by atoms with Gasteiger partial charge in [-0.1, -0.05) is 21.9 Å². The third-order valence-electron chi connectivity index (χ3n) is 1.03. The van der Waals surface area contributed by atoms with Gasteiger partial charge >= 0.3 is 0 Å². The van der Waals surface area contributed by atoms with E-state index in [9.17, 15) is 0 Å². The number of rotatable bonds is 7. The zero-order valence-electron chi connectivity index (χ0n) is 6.83. The molecule has 0 radical (unpaired) electrons. The summed E-state index contributed by atoms with van der Waals surface area (Å²) in [6, 6.07) is 0. The fourth-order valence-electron chi connectivity index (χ4n) is 0.576. The molecule has 0 saturated carbocycles. The van der Waals surface area contributed by atoms with Crippen LogP contribution in [0.1, 0.15) is 0 Å². The smallest absolute Gasteiger partial charge is 0.107 e. The number of hydrogen-bond donors (Lipinski definition) is 1. The number of terminal acetylenes is 1. The van der Waals surface area contributed by atoms with Gasteiger partial charge in [0.05, 0.1) is 19.8 Å². The molecular formula is C8H13BrO3. The minimum atomic E-state index is -0.586. The molecule has 0 aliphatic heterocycles. The van der Waals surface area contributed by atoms with Crippen molar-refractivity contribution < 1.29 is 14.6 Å². The van der Waals surface area contributed by atoms with Crippen LogP contribution in [0.3, 0.4) is 0 Å². The minimum Gasteiger partial charge on any atom is -0.388 e. The Morgan fingerprint density at radius 1 is 1.42 bits per heavy atom. The number of alkyl halides is 1. The van der Waals surface area contributed by atoms with Crippen LogP contribution >= 0.6 is 15.9 Å². The Morgan fingerprint density at radius 2 is 2.08 bits per heavy atom. The van der Waals surface area contributed by atoms with Crippen molar-refractivity contribution in [1.82, 2.24) is 0 Å². The van der Waals surface area contributed by atoms with Gasteiger partial charge in [-0.3, -0.25) is 0 Å². The van der Waals surface area contributed by atoms with Gasteiger partial charge in [0.2, 0.25) is 0 Å². The molecular weight excluding hydrogens is 224 g/mol. The maximum Gasteiger partial charge on any atom is 0.107 e. The van der Waals surface area contributed by atoms with E-state index >= 15 is 0 Å². The Hall–Kier alpha value is -0.0800. The molecule has 0 amide bonds. The van der Waals surface area contributed by atoms with Gasteiger partial charge in [-0.25, -0.2) is 0 Å². The molecule has 0 fully saturated rings. The summed E-state index contributed by atoms with van der Waals surface area (Å²) >= 11 is 3.20. The molecule has 1 unspecified atom stereocenters. The van der Waals surface area contributed by atoms with Crippen LogP contribution in [0.2, 0.25) is 0 Å². The van der Waals surface area contributed by atoms with Gasteiger partial charge in [-0.2, -0.15) is 0 Å². The molecule has 0 aliphatic rings. The average Bonchev–Trinajstić information content (AvgIpc) is 2.06. The van der Waals surface area contributed by atoms with E-state index in [4.69, 9.17) is 21.0 Å². The number of hydrogen-bond acceptors (Lipinski definition) is 3. The lowest BCUT2D eigenvalue weighted by Crippen LogP contribution is -2.22. The van der Waals surface area contributed by atoms with Crippen LogP contribution < -0.4 is 0 Å². The molecule has 0 aliphatic carbocycles. The van der Waals surface area contributed by atoms with Gasteiger partial charge in [0.1, 0.15) is 12.7 Å². The molecule has 0 saturated heterocycles. The summed E-state index contributed by atoms with van der Waals surface area (Å²) in [5, 5.41) is 9.94. The van der Waals surface area contributed by atoms with Crippen LogP contribution in [-0.4, -0.2) is 43.0 Å². The van der Waals surface area contributed by atoms with Crippen molar-refractivity contribution >= 4 is 15.9 Å². The monoisotopic (exact) mass is 236 g/mol. The lowest BCUT2D eigenvalue weighted by molar-refractivity contribution is -0.00817. The fourth-order valence-corrected chi connectivity index (χ4v) is 0.805. The first-order chi connectivity index (χ1) is 5.81. The molecule has 0 aromatic heterocycles. The van der Waals surface area contributed by atoms with Crippen LogP contribution in [-0.2, 0) is 9.47 Å². The highest BCUT2D eigenvalue weighted by Crippen LogP contribution is 1.89. The van der Waals surface area contributed by atoms with E-state index in [1.165, 1.54) is 0 Å². The maximum absolute atomic E-state index is 9.17. The average molecular weight is 237 g/mol. The van der Waals surface area contributed by atoms with Crippen LogP contribution in [0.4, 0.5) is 0 Å². The zero-order chi connectivity index (χ0) is 9.23. The topological polar surface area (TPSA) is 38.7 Å². The van der Waals surface area contributed by atoms with Gasteiger partial charge in [0, 0.05) is 5.33 Å². The molecule has 12 heavy (non-hydrogen) atoms. The number of aliphatic hydroxyl groups excluding tert-OH is 1. The summed E-state index contributed by atoms with van der Waals surface area (Å²) in [7, 11) is 0. The number of ether oxygens (including phenoxy) is 2. The third-order valence-corrected chi connectivity index (χ3v) is 1.35. The predicted octanol–water partition coefficient (Wildman–Crippen LogP) is 0.409. The third kappa shape index (κ3) is 8.02. The van der Waals surface area contributed by atoms with Gasteiger partial charge < -0.3 is 14.6 Å².